The first-order valence-corrected chi connectivity index (χ1v) is 4.17. The fraction of sp³-hybridized carbons (Fsp3) is 0.444. The third kappa shape index (κ3) is 3.19. The Morgan fingerprint density at radius 1 is 1.62 bits per heavy atom. The Morgan fingerprint density at radius 2 is 2.38 bits per heavy atom. The summed E-state index contributed by atoms with van der Waals surface area (Å²) >= 11 is 0. The van der Waals surface area contributed by atoms with Crippen LogP contribution < -0.4 is 0 Å². The molecule has 0 fully saturated rings. The van der Waals surface area contributed by atoms with Crippen LogP contribution in [0.3, 0.4) is 0 Å². The summed E-state index contributed by atoms with van der Waals surface area (Å²) in [6.07, 6.45) is 4.82. The topological polar surface area (TPSA) is 63.1 Å². The van der Waals surface area contributed by atoms with Crippen LogP contribution in [0.25, 0.3) is 0 Å². The molecular formula is C9H12N2O2. The molecule has 0 aliphatic carbocycles. The zero-order valence-electron chi connectivity index (χ0n) is 7.53. The number of hydrogen-bond acceptors (Lipinski definition) is 3. The van der Waals surface area contributed by atoms with Gasteiger partial charge in [0.1, 0.15) is 6.33 Å². The highest BCUT2D eigenvalue weighted by molar-refractivity contribution is 5.66. The lowest BCUT2D eigenvalue weighted by Crippen LogP contribution is -1.98. The highest BCUT2D eigenvalue weighted by atomic mass is 16.4. The summed E-state index contributed by atoms with van der Waals surface area (Å²) in [5.41, 5.74) is 1.96. The number of aryl methyl sites for hydroxylation is 2. The standard InChI is InChI=1S/C9H12N2O2/c1-7-8(5-10-6-11-7)3-2-4-9(12)13/h5-6H,2-4H2,1H3,(H,12,13). The predicted molar refractivity (Wildman–Crippen MR) is 47.3 cm³/mol. The minimum Gasteiger partial charge on any atom is -0.481 e. The zero-order valence-corrected chi connectivity index (χ0v) is 7.53. The Morgan fingerprint density at radius 3 is 3.00 bits per heavy atom. The van der Waals surface area contributed by atoms with Crippen molar-refractivity contribution in [3.05, 3.63) is 23.8 Å². The van der Waals surface area contributed by atoms with Gasteiger partial charge in [0, 0.05) is 18.3 Å². The quantitative estimate of drug-likeness (QED) is 0.756. The van der Waals surface area contributed by atoms with Crippen LogP contribution in [0, 0.1) is 6.92 Å². The molecule has 0 saturated heterocycles. The van der Waals surface area contributed by atoms with Gasteiger partial charge in [-0.2, -0.15) is 0 Å². The normalized spacial score (nSPS) is 9.92. The molecular weight excluding hydrogens is 168 g/mol. The molecule has 1 aromatic heterocycles. The lowest BCUT2D eigenvalue weighted by Gasteiger charge is -2.01. The van der Waals surface area contributed by atoms with E-state index in [2.05, 4.69) is 9.97 Å². The average molecular weight is 180 g/mol. The number of carboxylic acid groups (broad SMARTS) is 1. The van der Waals surface area contributed by atoms with Gasteiger partial charge in [0.25, 0.3) is 0 Å². The van der Waals surface area contributed by atoms with Gasteiger partial charge in [0.2, 0.25) is 0 Å². The molecule has 0 aliphatic rings. The number of aliphatic carboxylic acids is 1. The summed E-state index contributed by atoms with van der Waals surface area (Å²) in [4.78, 5) is 18.1. The molecule has 1 rings (SSSR count). The average Bonchev–Trinajstić information content (AvgIpc) is 2.08. The highest BCUT2D eigenvalue weighted by Gasteiger charge is 2.01. The maximum atomic E-state index is 10.2. The fourth-order valence-electron chi connectivity index (χ4n) is 1.10. The van der Waals surface area contributed by atoms with E-state index < -0.39 is 5.97 Å². The molecule has 4 nitrogen and oxygen atoms in total. The lowest BCUT2D eigenvalue weighted by atomic mass is 10.1. The van der Waals surface area contributed by atoms with E-state index in [4.69, 9.17) is 5.11 Å². The molecule has 0 aliphatic heterocycles. The molecule has 0 atom stereocenters. The van der Waals surface area contributed by atoms with Gasteiger partial charge in [0.05, 0.1) is 0 Å². The van der Waals surface area contributed by atoms with Gasteiger partial charge in [0.15, 0.2) is 0 Å². The van der Waals surface area contributed by atoms with E-state index in [-0.39, 0.29) is 6.42 Å². The Kier molecular flexibility index (Phi) is 3.37. The van der Waals surface area contributed by atoms with E-state index >= 15 is 0 Å². The van der Waals surface area contributed by atoms with Gasteiger partial charge in [-0.05, 0) is 25.3 Å². The third-order valence-electron chi connectivity index (χ3n) is 1.85. The van der Waals surface area contributed by atoms with Crippen LogP contribution in [0.2, 0.25) is 0 Å². The van der Waals surface area contributed by atoms with Crippen molar-refractivity contribution in [2.45, 2.75) is 26.2 Å². The van der Waals surface area contributed by atoms with Crippen molar-refractivity contribution in [1.82, 2.24) is 9.97 Å². The monoisotopic (exact) mass is 180 g/mol. The van der Waals surface area contributed by atoms with Crippen LogP contribution in [-0.4, -0.2) is 21.0 Å². The molecule has 1 heterocycles. The maximum Gasteiger partial charge on any atom is 0.303 e. The van der Waals surface area contributed by atoms with Gasteiger partial charge in [-0.1, -0.05) is 0 Å². The van der Waals surface area contributed by atoms with Crippen LogP contribution >= 0.6 is 0 Å². The van der Waals surface area contributed by atoms with Crippen LogP contribution in [0.5, 0.6) is 0 Å². The first kappa shape index (κ1) is 9.64. The number of carbonyl (C=O) groups is 1. The first-order chi connectivity index (χ1) is 6.20. The molecule has 70 valence electrons. The van der Waals surface area contributed by atoms with Crippen molar-refractivity contribution < 1.29 is 9.90 Å². The maximum absolute atomic E-state index is 10.2. The summed E-state index contributed by atoms with van der Waals surface area (Å²) < 4.78 is 0. The molecule has 0 amide bonds. The zero-order chi connectivity index (χ0) is 9.68. The van der Waals surface area contributed by atoms with Crippen LogP contribution in [-0.2, 0) is 11.2 Å². The summed E-state index contributed by atoms with van der Waals surface area (Å²) in [6.45, 7) is 1.90. The second kappa shape index (κ2) is 4.54. The summed E-state index contributed by atoms with van der Waals surface area (Å²) in [5, 5.41) is 8.43. The molecule has 0 unspecified atom stereocenters. The number of carboxylic acids is 1. The Balaban J connectivity index is 2.45. The second-order valence-corrected chi connectivity index (χ2v) is 2.88. The molecule has 0 spiro atoms. The molecule has 1 N–H and O–H groups in total. The lowest BCUT2D eigenvalue weighted by molar-refractivity contribution is -0.137. The second-order valence-electron chi connectivity index (χ2n) is 2.88. The number of rotatable bonds is 4. The van der Waals surface area contributed by atoms with Gasteiger partial charge >= 0.3 is 5.97 Å². The van der Waals surface area contributed by atoms with Crippen LogP contribution in [0.15, 0.2) is 12.5 Å². The number of hydrogen-bond donors (Lipinski definition) is 1. The molecule has 13 heavy (non-hydrogen) atoms. The van der Waals surface area contributed by atoms with Crippen molar-refractivity contribution in [1.29, 1.82) is 0 Å². The van der Waals surface area contributed by atoms with E-state index in [9.17, 15) is 4.79 Å². The van der Waals surface area contributed by atoms with Crippen molar-refractivity contribution >= 4 is 5.97 Å². The largest absolute Gasteiger partial charge is 0.481 e. The summed E-state index contributed by atoms with van der Waals surface area (Å²) in [7, 11) is 0. The molecule has 0 aromatic carbocycles. The Labute approximate surface area is 76.7 Å². The predicted octanol–water partition coefficient (Wildman–Crippen LogP) is 1.19. The van der Waals surface area contributed by atoms with Crippen molar-refractivity contribution in [3.8, 4) is 0 Å². The van der Waals surface area contributed by atoms with E-state index in [0.717, 1.165) is 17.7 Å². The van der Waals surface area contributed by atoms with Crippen LogP contribution in [0.4, 0.5) is 0 Å². The Bertz CT molecular complexity index is 299. The molecule has 4 heteroatoms. The minimum atomic E-state index is -0.755. The van der Waals surface area contributed by atoms with Crippen LogP contribution in [0.1, 0.15) is 24.1 Å². The molecule has 1 aromatic rings. The molecule has 0 radical (unpaired) electrons. The van der Waals surface area contributed by atoms with E-state index in [0.29, 0.717) is 6.42 Å². The van der Waals surface area contributed by atoms with Gasteiger partial charge in [-0.3, -0.25) is 4.79 Å². The third-order valence-corrected chi connectivity index (χ3v) is 1.85. The minimum absolute atomic E-state index is 0.203. The first-order valence-electron chi connectivity index (χ1n) is 4.17. The molecule has 0 bridgehead atoms. The summed E-state index contributed by atoms with van der Waals surface area (Å²) in [5.74, 6) is -0.755. The Hall–Kier alpha value is -1.45. The number of nitrogens with zero attached hydrogens (tertiary/aromatic N) is 2. The number of aromatic nitrogens is 2. The fourth-order valence-corrected chi connectivity index (χ4v) is 1.10. The smallest absolute Gasteiger partial charge is 0.303 e. The van der Waals surface area contributed by atoms with Crippen molar-refractivity contribution in [3.63, 3.8) is 0 Å². The van der Waals surface area contributed by atoms with Gasteiger partial charge in [-0.15, -0.1) is 0 Å². The summed E-state index contributed by atoms with van der Waals surface area (Å²) in [6, 6.07) is 0. The van der Waals surface area contributed by atoms with Crippen molar-refractivity contribution in [2.75, 3.05) is 0 Å². The van der Waals surface area contributed by atoms with E-state index in [1.165, 1.54) is 6.33 Å². The highest BCUT2D eigenvalue weighted by Crippen LogP contribution is 2.06. The molecule has 0 saturated carbocycles. The SMILES string of the molecule is Cc1ncncc1CCCC(=O)O. The van der Waals surface area contributed by atoms with Gasteiger partial charge in [-0.25, -0.2) is 9.97 Å². The van der Waals surface area contributed by atoms with E-state index in [1.54, 1.807) is 6.20 Å². The van der Waals surface area contributed by atoms with Gasteiger partial charge < -0.3 is 5.11 Å². The van der Waals surface area contributed by atoms with E-state index in [1.807, 2.05) is 6.92 Å². The van der Waals surface area contributed by atoms with Crippen molar-refractivity contribution in [2.24, 2.45) is 0 Å².